The Morgan fingerprint density at radius 3 is 2.39 bits per heavy atom. The number of benzene rings is 5. The van der Waals surface area contributed by atoms with E-state index in [1.165, 1.54) is 16.4 Å². The molecular weight excluding hydrogens is 897 g/mol. The molecule has 69 heavy (non-hydrogen) atoms. The lowest BCUT2D eigenvalue weighted by molar-refractivity contribution is -0.384. The Morgan fingerprint density at radius 1 is 0.899 bits per heavy atom. The van der Waals surface area contributed by atoms with E-state index in [-0.39, 0.29) is 61.2 Å². The van der Waals surface area contributed by atoms with Crippen LogP contribution in [-0.4, -0.2) is 77.3 Å². The number of non-ortho nitro benzene ring substituents is 1. The summed E-state index contributed by atoms with van der Waals surface area (Å²) in [6.07, 6.45) is 9.56. The highest BCUT2D eigenvalue weighted by molar-refractivity contribution is 7.89. The number of pyridine rings is 1. The van der Waals surface area contributed by atoms with Gasteiger partial charge in [0.15, 0.2) is 0 Å². The smallest absolute Gasteiger partial charge is 0.269 e. The van der Waals surface area contributed by atoms with Crippen LogP contribution in [0.3, 0.4) is 0 Å². The molecule has 0 spiro atoms. The summed E-state index contributed by atoms with van der Waals surface area (Å²) >= 11 is 0. The van der Waals surface area contributed by atoms with Crippen LogP contribution in [0.2, 0.25) is 0 Å². The molecule has 6 aromatic rings. The minimum atomic E-state index is -4.35. The third kappa shape index (κ3) is 9.49. The number of ether oxygens (including phenoxy) is 3. The van der Waals surface area contributed by atoms with Crippen LogP contribution in [0.5, 0.6) is 17.2 Å². The fourth-order valence-electron chi connectivity index (χ4n) is 10.6. The van der Waals surface area contributed by atoms with Crippen molar-refractivity contribution in [2.75, 3.05) is 26.9 Å². The number of hydrogen-bond acceptors (Lipinski definition) is 12. The van der Waals surface area contributed by atoms with Crippen LogP contribution < -0.4 is 9.47 Å². The number of aliphatic hydroxyl groups is 2. The van der Waals surface area contributed by atoms with Crippen LogP contribution in [0.4, 0.5) is 5.69 Å². The molecule has 0 bridgehead atoms. The first-order chi connectivity index (χ1) is 33.6. The highest BCUT2D eigenvalue weighted by Gasteiger charge is 2.65. The van der Waals surface area contributed by atoms with Crippen molar-refractivity contribution in [1.82, 2.24) is 9.29 Å². The van der Waals surface area contributed by atoms with E-state index in [9.17, 15) is 20.3 Å². The first-order valence-corrected chi connectivity index (χ1v) is 24.9. The van der Waals surface area contributed by atoms with Gasteiger partial charge in [-0.25, -0.2) is 8.42 Å². The fraction of sp³-hybridized carbons (Fsp3) is 0.333. The SMILES string of the molecule is C=CCO[C@@]12Oc3ccc(Oc4ccc5ccccc5c4)cc3[C@H]3[C@H](CCCCO)[C@@H](CCCCO)C=C(C(=NOCc4ccc([N+](=O)[O-])cc4)C[C@@H]1N(C)S(=O)(=O)c1cccc4cccnc14)[C@H]32. The summed E-state index contributed by atoms with van der Waals surface area (Å²) in [5.41, 5.74) is 3.08. The predicted molar refractivity (Wildman–Crippen MR) is 264 cm³/mol. The van der Waals surface area contributed by atoms with Crippen molar-refractivity contribution in [3.05, 3.63) is 167 Å². The van der Waals surface area contributed by atoms with Gasteiger partial charge in [-0.2, -0.15) is 4.31 Å². The van der Waals surface area contributed by atoms with Crippen molar-refractivity contribution in [2.24, 2.45) is 22.9 Å². The maximum absolute atomic E-state index is 15.3. The third-order valence-electron chi connectivity index (χ3n) is 13.8. The van der Waals surface area contributed by atoms with Crippen molar-refractivity contribution < 1.29 is 42.6 Å². The Labute approximate surface area is 401 Å². The molecule has 0 saturated heterocycles. The predicted octanol–water partition coefficient (Wildman–Crippen LogP) is 10.2. The topological polar surface area (TPSA) is 183 Å². The molecule has 1 aromatic heterocycles. The first kappa shape index (κ1) is 47.6. The molecule has 1 saturated carbocycles. The molecule has 5 aromatic carbocycles. The van der Waals surface area contributed by atoms with Gasteiger partial charge in [0.1, 0.15) is 28.8 Å². The zero-order valence-electron chi connectivity index (χ0n) is 38.4. The van der Waals surface area contributed by atoms with Crippen molar-refractivity contribution in [3.8, 4) is 17.2 Å². The number of likely N-dealkylation sites (N-methyl/N-ethyl adjacent to an activating group) is 1. The number of hydrogen-bond donors (Lipinski definition) is 2. The number of nitro groups is 1. The van der Waals surface area contributed by atoms with E-state index in [0.717, 1.165) is 41.2 Å². The Morgan fingerprint density at radius 2 is 1.62 bits per heavy atom. The van der Waals surface area contributed by atoms with Crippen LogP contribution >= 0.6 is 0 Å². The summed E-state index contributed by atoms with van der Waals surface area (Å²) in [6, 6.07) is 33.5. The second-order valence-corrected chi connectivity index (χ2v) is 19.9. The molecule has 1 fully saturated rings. The van der Waals surface area contributed by atoms with Gasteiger partial charge in [-0.1, -0.05) is 78.7 Å². The van der Waals surface area contributed by atoms with Gasteiger partial charge < -0.3 is 29.3 Å². The number of unbranched alkanes of at least 4 members (excludes halogenated alkanes) is 2. The fourth-order valence-corrected chi connectivity index (χ4v) is 12.2. The third-order valence-corrected chi connectivity index (χ3v) is 15.7. The van der Waals surface area contributed by atoms with Crippen molar-refractivity contribution in [3.63, 3.8) is 0 Å². The number of allylic oxidation sites excluding steroid dienone is 1. The summed E-state index contributed by atoms with van der Waals surface area (Å²) in [5.74, 6) is -1.03. The Hall–Kier alpha value is -6.49. The molecule has 6 atom stereocenters. The molecule has 0 unspecified atom stereocenters. The van der Waals surface area contributed by atoms with E-state index in [2.05, 4.69) is 23.7 Å². The summed E-state index contributed by atoms with van der Waals surface area (Å²) in [5, 5.41) is 39.1. The largest absolute Gasteiger partial charge is 0.460 e. The normalized spacial score (nSPS) is 22.4. The number of nitro benzene ring substituents is 1. The Bertz CT molecular complexity index is 3010. The van der Waals surface area contributed by atoms with E-state index in [1.807, 2.05) is 66.7 Å². The van der Waals surface area contributed by atoms with Crippen LogP contribution in [0.25, 0.3) is 21.7 Å². The lowest BCUT2D eigenvalue weighted by atomic mass is 9.55. The summed E-state index contributed by atoms with van der Waals surface area (Å²) in [4.78, 5) is 21.6. The monoisotopic (exact) mass is 952 g/mol. The molecule has 3 aliphatic rings. The van der Waals surface area contributed by atoms with Crippen molar-refractivity contribution in [2.45, 2.75) is 74.2 Å². The second-order valence-electron chi connectivity index (χ2n) is 17.9. The van der Waals surface area contributed by atoms with E-state index >= 15 is 8.42 Å². The van der Waals surface area contributed by atoms with Crippen molar-refractivity contribution >= 4 is 43.1 Å². The number of sulfonamides is 1. The maximum Gasteiger partial charge on any atom is 0.269 e. The maximum atomic E-state index is 15.3. The zero-order chi connectivity index (χ0) is 48.1. The zero-order valence-corrected chi connectivity index (χ0v) is 39.2. The van der Waals surface area contributed by atoms with Gasteiger partial charge in [-0.3, -0.25) is 15.1 Å². The quantitative estimate of drug-likeness (QED) is 0.0321. The molecule has 0 amide bonds. The number of oxime groups is 1. The van der Waals surface area contributed by atoms with E-state index < -0.39 is 32.7 Å². The molecule has 2 heterocycles. The standard InChI is InChI=1S/C54H56N4O10S/c1-3-30-65-54-50(57(2)69(63,64)49-18-10-15-38-16-11-27-55-53(38)49)34-47(56-66-35-36-19-22-41(23-20-36)58(61)62)45-32-40(14-6-8-28-59)44(17-7-9-29-60)51(52(45)54)46-33-43(25-26-48(46)68-54)67-42-24-21-37-12-4-5-13-39(37)31-42/h3-5,10-13,15-16,18-27,31-33,40,44,50-52,59-60H,1,6-9,14,17,28-30,34-35H2,2H3/t40-,44+,50-,51+,52+,54+/m0/s1. The number of aliphatic hydroxyl groups excluding tert-OH is 2. The molecule has 14 nitrogen and oxygen atoms in total. The number of aromatic nitrogens is 1. The lowest BCUT2D eigenvalue weighted by Crippen LogP contribution is -2.69. The van der Waals surface area contributed by atoms with Gasteiger partial charge >= 0.3 is 0 Å². The van der Waals surface area contributed by atoms with Crippen LogP contribution in [0.15, 0.2) is 156 Å². The van der Waals surface area contributed by atoms with Gasteiger partial charge in [0.05, 0.1) is 34.7 Å². The van der Waals surface area contributed by atoms with Gasteiger partial charge in [0.25, 0.3) is 5.69 Å². The number of nitrogens with zero attached hydrogens (tertiary/aromatic N) is 4. The van der Waals surface area contributed by atoms with Gasteiger partial charge in [0, 0.05) is 61.9 Å². The summed E-state index contributed by atoms with van der Waals surface area (Å²) in [7, 11) is -2.81. The van der Waals surface area contributed by atoms with Crippen LogP contribution in [-0.2, 0) is 26.2 Å². The minimum Gasteiger partial charge on any atom is -0.460 e. The summed E-state index contributed by atoms with van der Waals surface area (Å²) in [6.45, 7) is 4.10. The van der Waals surface area contributed by atoms with Gasteiger partial charge in [-0.15, -0.1) is 6.58 Å². The minimum absolute atomic E-state index is 0.0113. The van der Waals surface area contributed by atoms with E-state index in [4.69, 9.17) is 24.2 Å². The first-order valence-electron chi connectivity index (χ1n) is 23.5. The van der Waals surface area contributed by atoms with Crippen molar-refractivity contribution in [1.29, 1.82) is 0 Å². The molecule has 1 aliphatic heterocycles. The van der Waals surface area contributed by atoms with Crippen LogP contribution in [0.1, 0.15) is 62.0 Å². The Kier molecular flexibility index (Phi) is 14.2. The molecule has 9 rings (SSSR count). The average Bonchev–Trinajstić information content (AvgIpc) is 3.36. The lowest BCUT2D eigenvalue weighted by Gasteiger charge is -2.59. The average molecular weight is 953 g/mol. The van der Waals surface area contributed by atoms with Crippen LogP contribution in [0, 0.1) is 27.9 Å². The van der Waals surface area contributed by atoms with E-state index in [1.54, 1.807) is 49.7 Å². The molecule has 0 radical (unpaired) electrons. The number of rotatable bonds is 20. The van der Waals surface area contributed by atoms with E-state index in [0.29, 0.717) is 58.7 Å². The Balaban J connectivity index is 1.23. The molecule has 2 aliphatic carbocycles. The molecule has 15 heteroatoms. The highest BCUT2D eigenvalue weighted by Crippen LogP contribution is 2.62. The summed E-state index contributed by atoms with van der Waals surface area (Å²) < 4.78 is 52.9. The van der Waals surface area contributed by atoms with Gasteiger partial charge in [0.2, 0.25) is 15.8 Å². The molecule has 358 valence electrons. The number of para-hydroxylation sites is 1. The highest BCUT2D eigenvalue weighted by atomic mass is 32.2. The number of fused-ring (bicyclic) bond motifs is 4. The molecule has 2 N–H and O–H groups in total. The molecular formula is C54H56N4O10S. The second kappa shape index (κ2) is 20.6. The van der Waals surface area contributed by atoms with Gasteiger partial charge in [-0.05, 0) is 114 Å².